The Morgan fingerprint density at radius 1 is 0.735 bits per heavy atom. The predicted molar refractivity (Wildman–Crippen MR) is 131 cm³/mol. The maximum atomic E-state index is 12.5. The lowest BCUT2D eigenvalue weighted by molar-refractivity contribution is 0.0951. The highest BCUT2D eigenvalue weighted by molar-refractivity contribution is 7.90. The minimum Gasteiger partial charge on any atom is -0.348 e. The van der Waals surface area contributed by atoms with Crippen LogP contribution in [0.3, 0.4) is 0 Å². The summed E-state index contributed by atoms with van der Waals surface area (Å²) in [5.74, 6) is -0.363. The first kappa shape index (κ1) is 23.2. The van der Waals surface area contributed by atoms with Crippen molar-refractivity contribution in [3.8, 4) is 0 Å². The van der Waals surface area contributed by atoms with Gasteiger partial charge in [0.2, 0.25) is 0 Å². The molecule has 34 heavy (non-hydrogen) atoms. The van der Waals surface area contributed by atoms with Crippen molar-refractivity contribution in [3.05, 3.63) is 136 Å². The van der Waals surface area contributed by atoms with Crippen molar-refractivity contribution < 1.29 is 13.2 Å². The van der Waals surface area contributed by atoms with Crippen molar-refractivity contribution in [1.29, 1.82) is 0 Å². The highest BCUT2D eigenvalue weighted by Gasteiger charge is 2.15. The number of pyridine rings is 1. The number of amides is 1. The minimum absolute atomic E-state index is 0.0532. The lowest BCUT2D eigenvalue weighted by atomic mass is 10.1. The standard InChI is InChI=1S/C27H24N2O4S/c30-26-8-4-5-17-29(26)19-22-11-9-21(10-12-22)18-28-27(31)24-15-13-23(14-16-24)20-34(32,33)25-6-2-1-3-7-25/h1-17H,18-20H2,(H,28,31). The van der Waals surface area contributed by atoms with Gasteiger partial charge >= 0.3 is 0 Å². The van der Waals surface area contributed by atoms with Crippen molar-refractivity contribution in [2.75, 3.05) is 0 Å². The fourth-order valence-electron chi connectivity index (χ4n) is 3.52. The molecule has 3 aromatic carbocycles. The average Bonchev–Trinajstić information content (AvgIpc) is 2.85. The molecule has 0 saturated heterocycles. The molecule has 0 unspecified atom stereocenters. The van der Waals surface area contributed by atoms with Crippen LogP contribution in [-0.2, 0) is 28.7 Å². The molecule has 7 heteroatoms. The van der Waals surface area contributed by atoms with E-state index in [-0.39, 0.29) is 22.1 Å². The minimum atomic E-state index is -3.44. The van der Waals surface area contributed by atoms with Crippen LogP contribution in [0.4, 0.5) is 0 Å². The van der Waals surface area contributed by atoms with Crippen molar-refractivity contribution in [2.24, 2.45) is 0 Å². The largest absolute Gasteiger partial charge is 0.348 e. The summed E-state index contributed by atoms with van der Waals surface area (Å²) in [6.45, 7) is 0.840. The Bertz CT molecular complexity index is 1430. The first-order chi connectivity index (χ1) is 16.4. The van der Waals surface area contributed by atoms with E-state index >= 15 is 0 Å². The number of hydrogen-bond donors (Lipinski definition) is 1. The molecule has 0 fully saturated rings. The van der Waals surface area contributed by atoms with Crippen LogP contribution in [0.15, 0.2) is 113 Å². The molecule has 0 aliphatic rings. The first-order valence-corrected chi connectivity index (χ1v) is 12.4. The smallest absolute Gasteiger partial charge is 0.251 e. The molecule has 0 bridgehead atoms. The van der Waals surface area contributed by atoms with Gasteiger partial charge in [-0.2, -0.15) is 0 Å². The van der Waals surface area contributed by atoms with Crippen molar-refractivity contribution in [2.45, 2.75) is 23.7 Å². The molecule has 1 amide bonds. The second-order valence-electron chi connectivity index (χ2n) is 7.94. The lowest BCUT2D eigenvalue weighted by Crippen LogP contribution is -2.22. The van der Waals surface area contributed by atoms with E-state index in [0.29, 0.717) is 24.2 Å². The number of hydrogen-bond acceptors (Lipinski definition) is 4. The molecular formula is C27H24N2O4S. The van der Waals surface area contributed by atoms with Gasteiger partial charge in [-0.25, -0.2) is 8.42 Å². The third-order valence-corrected chi connectivity index (χ3v) is 7.11. The van der Waals surface area contributed by atoms with E-state index in [1.54, 1.807) is 71.4 Å². The van der Waals surface area contributed by atoms with E-state index in [0.717, 1.165) is 11.1 Å². The summed E-state index contributed by atoms with van der Waals surface area (Å²) in [4.78, 5) is 24.6. The molecule has 0 spiro atoms. The van der Waals surface area contributed by atoms with Gasteiger partial charge in [0.05, 0.1) is 17.2 Å². The number of benzene rings is 3. The van der Waals surface area contributed by atoms with Crippen LogP contribution in [0, 0.1) is 0 Å². The SMILES string of the molecule is O=C(NCc1ccc(Cn2ccccc2=O)cc1)c1ccc(CS(=O)(=O)c2ccccc2)cc1. The molecule has 1 aromatic heterocycles. The third kappa shape index (κ3) is 5.88. The van der Waals surface area contributed by atoms with Crippen molar-refractivity contribution in [3.63, 3.8) is 0 Å². The summed E-state index contributed by atoms with van der Waals surface area (Å²) in [5.41, 5.74) is 2.95. The summed E-state index contributed by atoms with van der Waals surface area (Å²) in [7, 11) is -3.44. The topological polar surface area (TPSA) is 85.2 Å². The van der Waals surface area contributed by atoms with Crippen molar-refractivity contribution in [1.82, 2.24) is 9.88 Å². The zero-order valence-electron chi connectivity index (χ0n) is 18.4. The van der Waals surface area contributed by atoms with E-state index in [1.807, 2.05) is 30.3 Å². The van der Waals surface area contributed by atoms with Crippen LogP contribution in [0.2, 0.25) is 0 Å². The van der Waals surface area contributed by atoms with Crippen LogP contribution in [0.25, 0.3) is 0 Å². The maximum absolute atomic E-state index is 12.5. The van der Waals surface area contributed by atoms with E-state index in [2.05, 4.69) is 5.32 Å². The molecule has 0 saturated carbocycles. The van der Waals surface area contributed by atoms with Gasteiger partial charge in [0.1, 0.15) is 0 Å². The van der Waals surface area contributed by atoms with Crippen LogP contribution >= 0.6 is 0 Å². The van der Waals surface area contributed by atoms with Gasteiger partial charge in [0, 0.05) is 24.4 Å². The third-order valence-electron chi connectivity index (χ3n) is 5.40. The number of aromatic nitrogens is 1. The van der Waals surface area contributed by atoms with Gasteiger partial charge in [0.25, 0.3) is 11.5 Å². The molecule has 4 rings (SSSR count). The normalized spacial score (nSPS) is 11.2. The monoisotopic (exact) mass is 472 g/mol. The number of nitrogens with zero attached hydrogens (tertiary/aromatic N) is 1. The molecule has 6 nitrogen and oxygen atoms in total. The molecule has 0 atom stereocenters. The van der Waals surface area contributed by atoms with E-state index in [4.69, 9.17) is 0 Å². The van der Waals surface area contributed by atoms with E-state index < -0.39 is 9.84 Å². The second-order valence-corrected chi connectivity index (χ2v) is 9.92. The van der Waals surface area contributed by atoms with E-state index in [9.17, 15) is 18.0 Å². The summed E-state index contributed by atoms with van der Waals surface area (Å²) < 4.78 is 26.7. The van der Waals surface area contributed by atoms with E-state index in [1.165, 1.54) is 6.07 Å². The Morgan fingerprint density at radius 3 is 2.03 bits per heavy atom. The molecule has 172 valence electrons. The van der Waals surface area contributed by atoms with Crippen LogP contribution in [-0.4, -0.2) is 18.9 Å². The Labute approximate surface area is 198 Å². The molecule has 4 aromatic rings. The Balaban J connectivity index is 1.32. The number of nitrogens with one attached hydrogen (secondary N) is 1. The number of rotatable bonds is 8. The molecule has 0 aliphatic heterocycles. The van der Waals surface area contributed by atoms with Gasteiger partial charge in [0.15, 0.2) is 9.84 Å². The molecule has 0 radical (unpaired) electrons. The highest BCUT2D eigenvalue weighted by Crippen LogP contribution is 2.16. The highest BCUT2D eigenvalue weighted by atomic mass is 32.2. The fourth-order valence-corrected chi connectivity index (χ4v) is 4.89. The van der Waals surface area contributed by atoms with Gasteiger partial charge in [-0.3, -0.25) is 9.59 Å². The molecule has 0 aliphatic carbocycles. The summed E-state index contributed by atoms with van der Waals surface area (Å²) in [6, 6.07) is 27.7. The van der Waals surface area contributed by atoms with Gasteiger partial charge in [-0.1, -0.05) is 60.7 Å². The Hall–Kier alpha value is -3.97. The maximum Gasteiger partial charge on any atom is 0.251 e. The average molecular weight is 473 g/mol. The fraction of sp³-hybridized carbons (Fsp3) is 0.111. The van der Waals surface area contributed by atoms with Gasteiger partial charge in [-0.15, -0.1) is 0 Å². The molecule has 1 heterocycles. The number of sulfone groups is 1. The Kier molecular flexibility index (Phi) is 7.04. The molecule has 1 N–H and O–H groups in total. The number of carbonyl (C=O) groups excluding carboxylic acids is 1. The number of carbonyl (C=O) groups is 1. The van der Waals surface area contributed by atoms with Gasteiger partial charge < -0.3 is 9.88 Å². The lowest BCUT2D eigenvalue weighted by Gasteiger charge is -2.09. The van der Waals surface area contributed by atoms with Crippen LogP contribution < -0.4 is 10.9 Å². The predicted octanol–water partition coefficient (Wildman–Crippen LogP) is 3.80. The van der Waals surface area contributed by atoms with Gasteiger partial charge in [-0.05, 0) is 47.0 Å². The quantitative estimate of drug-likeness (QED) is 0.423. The summed E-state index contributed by atoms with van der Waals surface area (Å²) in [5, 5.41) is 2.87. The van der Waals surface area contributed by atoms with Crippen LogP contribution in [0.1, 0.15) is 27.0 Å². The van der Waals surface area contributed by atoms with Crippen LogP contribution in [0.5, 0.6) is 0 Å². The second kappa shape index (κ2) is 10.3. The Morgan fingerprint density at radius 2 is 1.35 bits per heavy atom. The zero-order chi connectivity index (χ0) is 24.0. The summed E-state index contributed by atoms with van der Waals surface area (Å²) >= 11 is 0. The summed E-state index contributed by atoms with van der Waals surface area (Å²) in [6.07, 6.45) is 1.75. The zero-order valence-corrected chi connectivity index (χ0v) is 19.2. The van der Waals surface area contributed by atoms with Crippen molar-refractivity contribution >= 4 is 15.7 Å². The first-order valence-electron chi connectivity index (χ1n) is 10.8. The molecular weight excluding hydrogens is 448 g/mol.